The summed E-state index contributed by atoms with van der Waals surface area (Å²) < 4.78 is 0.485. The van der Waals surface area contributed by atoms with Crippen LogP contribution in [0.4, 0.5) is 5.69 Å². The standard InChI is InChI=1S/C14H18N2O2S2/c17-11-7-12(15-8-11)13(18)16-10-3-1-2-9(6-10)14-19-4-5-20-14/h1-3,6,11-12,14-15,17H,4-5,7-8H2,(H,16,18). The van der Waals surface area contributed by atoms with Gasteiger partial charge in [-0.15, -0.1) is 23.5 Å². The Labute approximate surface area is 127 Å². The fraction of sp³-hybridized carbons (Fsp3) is 0.500. The predicted molar refractivity (Wildman–Crippen MR) is 85.1 cm³/mol. The fourth-order valence-electron chi connectivity index (χ4n) is 2.46. The highest BCUT2D eigenvalue weighted by Crippen LogP contribution is 2.45. The second-order valence-corrected chi connectivity index (χ2v) is 7.76. The van der Waals surface area contributed by atoms with Gasteiger partial charge in [-0.25, -0.2) is 0 Å². The molecule has 1 aromatic rings. The Morgan fingerprint density at radius 1 is 1.35 bits per heavy atom. The first-order chi connectivity index (χ1) is 9.72. The first-order valence-corrected chi connectivity index (χ1v) is 8.87. The van der Waals surface area contributed by atoms with E-state index in [9.17, 15) is 9.90 Å². The number of thioether (sulfide) groups is 2. The van der Waals surface area contributed by atoms with Crippen LogP contribution in [0.25, 0.3) is 0 Å². The van der Waals surface area contributed by atoms with Crippen LogP contribution in [0.2, 0.25) is 0 Å². The van der Waals surface area contributed by atoms with Crippen LogP contribution in [0.1, 0.15) is 16.6 Å². The number of amides is 1. The van der Waals surface area contributed by atoms with E-state index in [0.29, 0.717) is 17.5 Å². The maximum Gasteiger partial charge on any atom is 0.241 e. The largest absolute Gasteiger partial charge is 0.392 e. The lowest BCUT2D eigenvalue weighted by Gasteiger charge is -2.13. The van der Waals surface area contributed by atoms with Crippen molar-refractivity contribution in [2.45, 2.75) is 23.1 Å². The highest BCUT2D eigenvalue weighted by Gasteiger charge is 2.28. The Kier molecular flexibility index (Phi) is 4.55. The molecule has 2 atom stereocenters. The average Bonchev–Trinajstić information content (AvgIpc) is 3.10. The lowest BCUT2D eigenvalue weighted by Crippen LogP contribution is -2.35. The summed E-state index contributed by atoms with van der Waals surface area (Å²) in [6.07, 6.45) is 0.0724. The Bertz CT molecular complexity index is 492. The van der Waals surface area contributed by atoms with Crippen LogP contribution < -0.4 is 10.6 Å². The molecule has 1 aromatic carbocycles. The van der Waals surface area contributed by atoms with Gasteiger partial charge in [0, 0.05) is 23.7 Å². The molecule has 2 aliphatic heterocycles. The molecule has 4 nitrogen and oxygen atoms in total. The van der Waals surface area contributed by atoms with Crippen LogP contribution in [-0.4, -0.2) is 41.2 Å². The summed E-state index contributed by atoms with van der Waals surface area (Å²) in [5, 5.41) is 15.4. The van der Waals surface area contributed by atoms with Crippen molar-refractivity contribution in [2.75, 3.05) is 23.4 Å². The van der Waals surface area contributed by atoms with E-state index >= 15 is 0 Å². The number of benzene rings is 1. The number of rotatable bonds is 3. The molecule has 2 unspecified atom stereocenters. The molecule has 20 heavy (non-hydrogen) atoms. The van der Waals surface area contributed by atoms with Crippen molar-refractivity contribution in [2.24, 2.45) is 0 Å². The van der Waals surface area contributed by atoms with Crippen LogP contribution in [0.5, 0.6) is 0 Å². The molecule has 3 rings (SSSR count). The van der Waals surface area contributed by atoms with Crippen LogP contribution in [0.3, 0.4) is 0 Å². The molecule has 2 aliphatic rings. The van der Waals surface area contributed by atoms with Gasteiger partial charge in [0.05, 0.1) is 16.7 Å². The van der Waals surface area contributed by atoms with Crippen molar-refractivity contribution in [3.05, 3.63) is 29.8 Å². The number of hydrogen-bond acceptors (Lipinski definition) is 5. The molecule has 1 amide bonds. The lowest BCUT2D eigenvalue weighted by atomic mass is 10.1. The van der Waals surface area contributed by atoms with E-state index in [1.165, 1.54) is 17.1 Å². The molecule has 0 bridgehead atoms. The van der Waals surface area contributed by atoms with Crippen LogP contribution >= 0.6 is 23.5 Å². The third-order valence-corrected chi connectivity index (χ3v) is 6.58. The van der Waals surface area contributed by atoms with Crippen LogP contribution in [0.15, 0.2) is 24.3 Å². The first-order valence-electron chi connectivity index (χ1n) is 6.78. The monoisotopic (exact) mass is 310 g/mol. The summed E-state index contributed by atoms with van der Waals surface area (Å²) in [5.74, 6) is 2.32. The molecule has 6 heteroatoms. The van der Waals surface area contributed by atoms with E-state index in [4.69, 9.17) is 0 Å². The molecule has 2 fully saturated rings. The van der Waals surface area contributed by atoms with E-state index < -0.39 is 6.10 Å². The molecule has 0 saturated carbocycles. The SMILES string of the molecule is O=C(Nc1cccc(C2SCCS2)c1)C1CC(O)CN1. The summed E-state index contributed by atoms with van der Waals surface area (Å²) in [4.78, 5) is 12.1. The van der Waals surface area contributed by atoms with Crippen molar-refractivity contribution < 1.29 is 9.90 Å². The highest BCUT2D eigenvalue weighted by molar-refractivity contribution is 8.19. The molecule has 0 radical (unpaired) electrons. The minimum atomic E-state index is -0.414. The van der Waals surface area contributed by atoms with Crippen molar-refractivity contribution in [1.82, 2.24) is 5.32 Å². The van der Waals surface area contributed by atoms with Gasteiger partial charge in [-0.1, -0.05) is 12.1 Å². The van der Waals surface area contributed by atoms with Crippen LogP contribution in [-0.2, 0) is 4.79 Å². The van der Waals surface area contributed by atoms with E-state index in [0.717, 1.165) is 5.69 Å². The quantitative estimate of drug-likeness (QED) is 0.795. The summed E-state index contributed by atoms with van der Waals surface area (Å²) >= 11 is 3.91. The Morgan fingerprint density at radius 2 is 2.15 bits per heavy atom. The summed E-state index contributed by atoms with van der Waals surface area (Å²) in [7, 11) is 0. The van der Waals surface area contributed by atoms with Gasteiger partial charge in [-0.05, 0) is 24.1 Å². The number of anilines is 1. The second-order valence-electron chi connectivity index (χ2n) is 5.04. The average molecular weight is 310 g/mol. The number of aliphatic hydroxyl groups is 1. The Balaban J connectivity index is 1.65. The van der Waals surface area contributed by atoms with Crippen molar-refractivity contribution >= 4 is 35.1 Å². The van der Waals surface area contributed by atoms with Gasteiger partial charge >= 0.3 is 0 Å². The summed E-state index contributed by atoms with van der Waals surface area (Å²) in [6.45, 7) is 0.494. The molecular formula is C14H18N2O2S2. The van der Waals surface area contributed by atoms with Gasteiger partial charge < -0.3 is 15.7 Å². The molecule has 2 heterocycles. The molecule has 0 aromatic heterocycles. The zero-order chi connectivity index (χ0) is 13.9. The van der Waals surface area contributed by atoms with E-state index in [-0.39, 0.29) is 11.9 Å². The molecule has 2 saturated heterocycles. The third-order valence-electron chi connectivity index (χ3n) is 3.47. The maximum absolute atomic E-state index is 12.1. The number of aliphatic hydroxyl groups excluding tert-OH is 1. The third kappa shape index (κ3) is 3.31. The zero-order valence-electron chi connectivity index (χ0n) is 11.0. The Morgan fingerprint density at radius 3 is 2.85 bits per heavy atom. The van der Waals surface area contributed by atoms with Gasteiger partial charge in [0.25, 0.3) is 0 Å². The Hall–Kier alpha value is -0.690. The van der Waals surface area contributed by atoms with Crippen molar-refractivity contribution in [3.63, 3.8) is 0 Å². The topological polar surface area (TPSA) is 61.4 Å². The molecule has 108 valence electrons. The minimum absolute atomic E-state index is 0.0644. The van der Waals surface area contributed by atoms with Crippen molar-refractivity contribution in [1.29, 1.82) is 0 Å². The van der Waals surface area contributed by atoms with Crippen LogP contribution in [0, 0.1) is 0 Å². The highest BCUT2D eigenvalue weighted by atomic mass is 32.2. The number of hydrogen-bond donors (Lipinski definition) is 3. The fourth-order valence-corrected chi connectivity index (χ4v) is 5.30. The van der Waals surface area contributed by atoms with E-state index in [1.807, 2.05) is 35.7 Å². The summed E-state index contributed by atoms with van der Waals surface area (Å²) in [6, 6.07) is 7.78. The second kappa shape index (κ2) is 6.39. The molecule has 0 spiro atoms. The minimum Gasteiger partial charge on any atom is -0.392 e. The zero-order valence-corrected chi connectivity index (χ0v) is 12.7. The van der Waals surface area contributed by atoms with E-state index in [1.54, 1.807) is 0 Å². The van der Waals surface area contributed by atoms with Gasteiger partial charge in [0.2, 0.25) is 5.91 Å². The normalized spacial score (nSPS) is 26.9. The number of β-amino-alcohol motifs (C(OH)–C–C–N with tert-alkyl or cyclic N) is 1. The molecule has 3 N–H and O–H groups in total. The predicted octanol–water partition coefficient (Wildman–Crippen LogP) is 1.83. The van der Waals surface area contributed by atoms with Gasteiger partial charge in [0.1, 0.15) is 0 Å². The van der Waals surface area contributed by atoms with Gasteiger partial charge in [-0.2, -0.15) is 0 Å². The smallest absolute Gasteiger partial charge is 0.241 e. The lowest BCUT2D eigenvalue weighted by molar-refractivity contribution is -0.117. The first kappa shape index (κ1) is 14.3. The van der Waals surface area contributed by atoms with Crippen molar-refractivity contribution in [3.8, 4) is 0 Å². The molecule has 0 aliphatic carbocycles. The number of carbonyl (C=O) groups excluding carboxylic acids is 1. The molecular weight excluding hydrogens is 292 g/mol. The maximum atomic E-state index is 12.1. The van der Waals surface area contributed by atoms with Gasteiger partial charge in [0.15, 0.2) is 0 Å². The summed E-state index contributed by atoms with van der Waals surface area (Å²) in [5.41, 5.74) is 2.10. The van der Waals surface area contributed by atoms with E-state index in [2.05, 4.69) is 22.8 Å². The number of nitrogens with one attached hydrogen (secondary N) is 2. The van der Waals surface area contributed by atoms with Gasteiger partial charge in [-0.3, -0.25) is 4.79 Å². The number of carbonyl (C=O) groups is 1.